The maximum absolute atomic E-state index is 12.8. The summed E-state index contributed by atoms with van der Waals surface area (Å²) in [6, 6.07) is 7.29. The van der Waals surface area contributed by atoms with E-state index in [1.807, 2.05) is 35.7 Å². The van der Waals surface area contributed by atoms with Crippen LogP contribution in [-0.4, -0.2) is 50.1 Å². The third-order valence-electron chi connectivity index (χ3n) is 5.67. The van der Waals surface area contributed by atoms with Gasteiger partial charge in [-0.05, 0) is 49.9 Å². The number of piperidine rings is 1. The molecule has 1 amide bonds. The Kier molecular flexibility index (Phi) is 5.07. The van der Waals surface area contributed by atoms with Crippen LogP contribution in [0.1, 0.15) is 28.9 Å². The average Bonchev–Trinajstić information content (AvgIpc) is 3.49. The van der Waals surface area contributed by atoms with Crippen molar-refractivity contribution < 1.29 is 9.21 Å². The van der Waals surface area contributed by atoms with Crippen molar-refractivity contribution in [2.75, 3.05) is 24.5 Å². The maximum Gasteiger partial charge on any atom is 0.253 e. The van der Waals surface area contributed by atoms with Gasteiger partial charge in [0.05, 0.1) is 17.5 Å². The van der Waals surface area contributed by atoms with Gasteiger partial charge in [0.1, 0.15) is 12.0 Å². The number of aryl methyl sites for hydroxylation is 1. The van der Waals surface area contributed by atoms with Gasteiger partial charge in [0.2, 0.25) is 5.65 Å². The van der Waals surface area contributed by atoms with Crippen LogP contribution in [0.25, 0.3) is 17.1 Å². The van der Waals surface area contributed by atoms with E-state index in [9.17, 15) is 4.79 Å². The zero-order valence-electron chi connectivity index (χ0n) is 17.2. The first-order chi connectivity index (χ1) is 15.2. The molecule has 1 aliphatic rings. The number of nitrogens with zero attached hydrogens (tertiary/aromatic N) is 6. The topological polar surface area (TPSA) is 101 Å². The summed E-state index contributed by atoms with van der Waals surface area (Å²) in [5.74, 6) is 1.75. The van der Waals surface area contributed by atoms with Crippen LogP contribution >= 0.6 is 0 Å². The Morgan fingerprint density at radius 3 is 3.10 bits per heavy atom. The Morgan fingerprint density at radius 2 is 2.26 bits per heavy atom. The largest absolute Gasteiger partial charge is 0.463 e. The van der Waals surface area contributed by atoms with Crippen LogP contribution in [0.3, 0.4) is 0 Å². The molecule has 5 rings (SSSR count). The fourth-order valence-electron chi connectivity index (χ4n) is 4.09. The Balaban J connectivity index is 1.24. The highest BCUT2D eigenvalue weighted by Crippen LogP contribution is 2.24. The molecule has 1 fully saturated rings. The number of aromatic nitrogens is 5. The molecular formula is C22H23N7O2. The number of hydrogen-bond acceptors (Lipinski definition) is 7. The van der Waals surface area contributed by atoms with Crippen molar-refractivity contribution in [1.29, 1.82) is 0 Å². The third kappa shape index (κ3) is 3.86. The van der Waals surface area contributed by atoms with Gasteiger partial charge in [0.15, 0.2) is 11.6 Å². The molecule has 4 aromatic rings. The number of amides is 1. The summed E-state index contributed by atoms with van der Waals surface area (Å²) in [4.78, 5) is 24.0. The number of nitrogens with one attached hydrogen (secondary N) is 1. The van der Waals surface area contributed by atoms with Crippen LogP contribution in [0.4, 0.5) is 5.82 Å². The fourth-order valence-corrected chi connectivity index (χ4v) is 4.09. The molecule has 1 atom stereocenters. The Labute approximate surface area is 179 Å². The monoisotopic (exact) mass is 417 g/mol. The molecule has 1 saturated heterocycles. The van der Waals surface area contributed by atoms with Crippen molar-refractivity contribution in [2.24, 2.45) is 5.92 Å². The average molecular weight is 417 g/mol. The summed E-state index contributed by atoms with van der Waals surface area (Å²) in [5, 5.41) is 11.3. The summed E-state index contributed by atoms with van der Waals surface area (Å²) in [7, 11) is 0. The number of pyridine rings is 1. The van der Waals surface area contributed by atoms with E-state index in [0.29, 0.717) is 29.5 Å². The van der Waals surface area contributed by atoms with Gasteiger partial charge >= 0.3 is 0 Å². The molecule has 9 heteroatoms. The van der Waals surface area contributed by atoms with Gasteiger partial charge in [-0.2, -0.15) is 0 Å². The van der Waals surface area contributed by atoms with Gasteiger partial charge in [0, 0.05) is 32.0 Å². The maximum atomic E-state index is 12.8. The highest BCUT2D eigenvalue weighted by Gasteiger charge is 2.24. The smallest absolute Gasteiger partial charge is 0.253 e. The number of hydrogen-bond donors (Lipinski definition) is 1. The van der Waals surface area contributed by atoms with Crippen molar-refractivity contribution in [3.8, 4) is 11.5 Å². The second kappa shape index (κ2) is 8.17. The van der Waals surface area contributed by atoms with Crippen molar-refractivity contribution in [3.63, 3.8) is 0 Å². The van der Waals surface area contributed by atoms with Crippen LogP contribution < -0.4 is 10.2 Å². The van der Waals surface area contributed by atoms with E-state index in [4.69, 9.17) is 4.42 Å². The van der Waals surface area contributed by atoms with Crippen molar-refractivity contribution in [1.82, 2.24) is 29.9 Å². The first-order valence-electron chi connectivity index (χ1n) is 10.4. The molecular weight excluding hydrogens is 394 g/mol. The lowest BCUT2D eigenvalue weighted by molar-refractivity contribution is 0.0944. The lowest BCUT2D eigenvalue weighted by atomic mass is 9.98. The number of carbonyl (C=O) groups is 1. The molecule has 0 aromatic carbocycles. The second-order valence-corrected chi connectivity index (χ2v) is 7.78. The lowest BCUT2D eigenvalue weighted by Gasteiger charge is -2.33. The van der Waals surface area contributed by atoms with Crippen LogP contribution in [0.15, 0.2) is 53.7 Å². The summed E-state index contributed by atoms with van der Waals surface area (Å²) < 4.78 is 7.26. The van der Waals surface area contributed by atoms with E-state index in [1.54, 1.807) is 24.9 Å². The third-order valence-corrected chi connectivity index (χ3v) is 5.67. The molecule has 9 nitrogen and oxygen atoms in total. The number of furan rings is 1. The van der Waals surface area contributed by atoms with Gasteiger partial charge in [-0.1, -0.05) is 0 Å². The van der Waals surface area contributed by atoms with Gasteiger partial charge < -0.3 is 14.6 Å². The first kappa shape index (κ1) is 19.2. The molecule has 5 heterocycles. The zero-order valence-corrected chi connectivity index (χ0v) is 17.2. The van der Waals surface area contributed by atoms with Gasteiger partial charge in [0.25, 0.3) is 5.91 Å². The molecule has 4 aromatic heterocycles. The number of fused-ring (bicyclic) bond motifs is 1. The van der Waals surface area contributed by atoms with E-state index in [2.05, 4.69) is 30.4 Å². The zero-order chi connectivity index (χ0) is 21.2. The standard InChI is InChI=1S/C22H23N7O2/c1-15-17(6-7-18(26-15)19-5-3-11-31-19)22(30)24-12-16-4-2-9-28(13-16)20-21-27-25-14-29(21)10-8-23-20/h3,5-8,10-11,14,16H,2,4,9,12-13H2,1H3,(H,24,30)/t16-/m0/s1. The van der Waals surface area contributed by atoms with E-state index in [1.165, 1.54) is 0 Å². The quantitative estimate of drug-likeness (QED) is 0.533. The molecule has 31 heavy (non-hydrogen) atoms. The molecule has 0 aliphatic carbocycles. The minimum absolute atomic E-state index is 0.106. The molecule has 0 bridgehead atoms. The first-order valence-corrected chi connectivity index (χ1v) is 10.4. The number of anilines is 1. The molecule has 0 saturated carbocycles. The second-order valence-electron chi connectivity index (χ2n) is 7.78. The summed E-state index contributed by atoms with van der Waals surface area (Å²) in [6.07, 6.45) is 8.99. The predicted molar refractivity (Wildman–Crippen MR) is 115 cm³/mol. The molecule has 0 radical (unpaired) electrons. The normalized spacial score (nSPS) is 16.5. The number of rotatable bonds is 5. The van der Waals surface area contributed by atoms with Crippen molar-refractivity contribution >= 4 is 17.4 Å². The summed E-state index contributed by atoms with van der Waals surface area (Å²) >= 11 is 0. The highest BCUT2D eigenvalue weighted by molar-refractivity contribution is 5.95. The van der Waals surface area contributed by atoms with E-state index in [0.717, 1.165) is 43.1 Å². The minimum Gasteiger partial charge on any atom is -0.463 e. The molecule has 0 unspecified atom stereocenters. The van der Waals surface area contributed by atoms with Crippen molar-refractivity contribution in [2.45, 2.75) is 19.8 Å². The van der Waals surface area contributed by atoms with Crippen molar-refractivity contribution in [3.05, 3.63) is 60.5 Å². The minimum atomic E-state index is -0.106. The van der Waals surface area contributed by atoms with Gasteiger partial charge in [-0.3, -0.25) is 9.20 Å². The predicted octanol–water partition coefficient (Wildman–Crippen LogP) is 2.73. The highest BCUT2D eigenvalue weighted by atomic mass is 16.3. The molecule has 0 spiro atoms. The van der Waals surface area contributed by atoms with Crippen LogP contribution in [0.5, 0.6) is 0 Å². The SMILES string of the molecule is Cc1nc(-c2ccco2)ccc1C(=O)NC[C@@H]1CCCN(c2nccn3cnnc23)C1. The number of carbonyl (C=O) groups excluding carboxylic acids is 1. The molecule has 1 N–H and O–H groups in total. The molecule has 158 valence electrons. The van der Waals surface area contributed by atoms with Gasteiger partial charge in [-0.25, -0.2) is 9.97 Å². The summed E-state index contributed by atoms with van der Waals surface area (Å²) in [5.41, 5.74) is 2.74. The molecule has 1 aliphatic heterocycles. The fraction of sp³-hybridized carbons (Fsp3) is 0.318. The van der Waals surface area contributed by atoms with E-state index < -0.39 is 0 Å². The Bertz CT molecular complexity index is 1200. The lowest BCUT2D eigenvalue weighted by Crippen LogP contribution is -2.41. The Morgan fingerprint density at radius 1 is 1.32 bits per heavy atom. The van der Waals surface area contributed by atoms with Crippen LogP contribution in [0.2, 0.25) is 0 Å². The van der Waals surface area contributed by atoms with Crippen LogP contribution in [-0.2, 0) is 0 Å². The summed E-state index contributed by atoms with van der Waals surface area (Å²) in [6.45, 7) is 4.18. The van der Waals surface area contributed by atoms with E-state index in [-0.39, 0.29) is 5.91 Å². The van der Waals surface area contributed by atoms with Gasteiger partial charge in [-0.15, -0.1) is 10.2 Å². The van der Waals surface area contributed by atoms with E-state index >= 15 is 0 Å². The Hall–Kier alpha value is -3.75. The van der Waals surface area contributed by atoms with Crippen LogP contribution in [0, 0.1) is 12.8 Å².